The molecule has 7 heteroatoms. The summed E-state index contributed by atoms with van der Waals surface area (Å²) in [5.74, 6) is -0.716. The van der Waals surface area contributed by atoms with Gasteiger partial charge in [0.25, 0.3) is 0 Å². The molecule has 0 spiro atoms. The largest absolute Gasteiger partial charge is 0.352 e. The van der Waals surface area contributed by atoms with E-state index in [-0.39, 0.29) is 43.1 Å². The van der Waals surface area contributed by atoms with Gasteiger partial charge in [-0.05, 0) is 19.1 Å². The molecule has 0 aliphatic carbocycles. The van der Waals surface area contributed by atoms with Crippen LogP contribution in [0.15, 0.2) is 24.3 Å². The summed E-state index contributed by atoms with van der Waals surface area (Å²) >= 11 is 0. The van der Waals surface area contributed by atoms with Crippen molar-refractivity contribution < 1.29 is 14.4 Å². The van der Waals surface area contributed by atoms with Crippen LogP contribution in [0.3, 0.4) is 0 Å². The van der Waals surface area contributed by atoms with E-state index in [9.17, 15) is 14.4 Å². The fourth-order valence-corrected chi connectivity index (χ4v) is 2.22. The zero-order chi connectivity index (χ0) is 16.1. The van der Waals surface area contributed by atoms with Crippen LogP contribution < -0.4 is 21.3 Å². The maximum atomic E-state index is 12.3. The molecule has 0 unspecified atom stereocenters. The van der Waals surface area contributed by atoms with Gasteiger partial charge in [-0.15, -0.1) is 0 Å². The molecule has 1 atom stereocenters. The SMILES string of the molecule is C[C@@H](CN)NC(=O)CCC(=O)N1CC(=O)Nc2ccccc21. The number of carbonyl (C=O) groups is 3. The minimum absolute atomic E-state index is 0.0311. The molecule has 1 aliphatic heterocycles. The van der Waals surface area contributed by atoms with Crippen molar-refractivity contribution in [2.75, 3.05) is 23.3 Å². The van der Waals surface area contributed by atoms with Gasteiger partial charge in [-0.25, -0.2) is 0 Å². The van der Waals surface area contributed by atoms with Crippen molar-refractivity contribution in [1.29, 1.82) is 0 Å². The Bertz CT molecular complexity index is 588. The number of hydrogen-bond acceptors (Lipinski definition) is 4. The summed E-state index contributed by atoms with van der Waals surface area (Å²) in [7, 11) is 0. The van der Waals surface area contributed by atoms with Crippen molar-refractivity contribution in [2.24, 2.45) is 5.73 Å². The minimum Gasteiger partial charge on any atom is -0.352 e. The molecule has 3 amide bonds. The number of hydrogen-bond donors (Lipinski definition) is 3. The molecule has 1 aliphatic rings. The normalized spacial score (nSPS) is 14.8. The van der Waals surface area contributed by atoms with Crippen LogP contribution in [-0.4, -0.2) is 36.9 Å². The minimum atomic E-state index is -0.252. The van der Waals surface area contributed by atoms with Crippen LogP contribution in [0.1, 0.15) is 19.8 Å². The second-order valence-electron chi connectivity index (χ2n) is 5.25. The lowest BCUT2D eigenvalue weighted by Crippen LogP contribution is -2.43. The number of nitrogens with one attached hydrogen (secondary N) is 2. The number of rotatable bonds is 5. The number of nitrogens with two attached hydrogens (primary N) is 1. The van der Waals surface area contributed by atoms with E-state index < -0.39 is 0 Å². The van der Waals surface area contributed by atoms with Gasteiger partial charge in [0.15, 0.2) is 0 Å². The third-order valence-electron chi connectivity index (χ3n) is 3.40. The lowest BCUT2D eigenvalue weighted by Gasteiger charge is -2.29. The fourth-order valence-electron chi connectivity index (χ4n) is 2.22. The standard InChI is InChI=1S/C15H20N4O3/c1-10(8-16)17-13(20)6-7-15(22)19-9-14(21)18-11-4-2-3-5-12(11)19/h2-5,10H,6-9,16H2,1H3,(H,17,20)(H,18,21)/t10-/m0/s1. The van der Waals surface area contributed by atoms with E-state index in [2.05, 4.69) is 10.6 Å². The van der Waals surface area contributed by atoms with E-state index in [1.165, 1.54) is 4.90 Å². The van der Waals surface area contributed by atoms with Crippen LogP contribution in [-0.2, 0) is 14.4 Å². The number of amides is 3. The van der Waals surface area contributed by atoms with E-state index in [1.807, 2.05) is 0 Å². The average molecular weight is 304 g/mol. The van der Waals surface area contributed by atoms with Crippen LogP contribution in [0, 0.1) is 0 Å². The van der Waals surface area contributed by atoms with Crippen molar-refractivity contribution >= 4 is 29.1 Å². The summed E-state index contributed by atoms with van der Waals surface area (Å²) in [5, 5.41) is 5.42. The van der Waals surface area contributed by atoms with Gasteiger partial charge in [0.1, 0.15) is 6.54 Å². The number of nitrogens with zero attached hydrogens (tertiary/aromatic N) is 1. The molecule has 1 aromatic rings. The van der Waals surface area contributed by atoms with Crippen LogP contribution in [0.5, 0.6) is 0 Å². The summed E-state index contributed by atoms with van der Waals surface area (Å²) in [4.78, 5) is 37.1. The van der Waals surface area contributed by atoms with Gasteiger partial charge in [-0.3, -0.25) is 14.4 Å². The number of anilines is 2. The highest BCUT2D eigenvalue weighted by Gasteiger charge is 2.26. The monoisotopic (exact) mass is 304 g/mol. The Kier molecular flexibility index (Phi) is 5.11. The smallest absolute Gasteiger partial charge is 0.244 e. The molecule has 22 heavy (non-hydrogen) atoms. The molecule has 1 aromatic carbocycles. The zero-order valence-electron chi connectivity index (χ0n) is 12.5. The Morgan fingerprint density at radius 2 is 2.09 bits per heavy atom. The summed E-state index contributed by atoms with van der Waals surface area (Å²) in [6.07, 6.45) is 0.119. The lowest BCUT2D eigenvalue weighted by molar-refractivity contribution is -0.126. The van der Waals surface area contributed by atoms with Crippen LogP contribution in [0.4, 0.5) is 11.4 Å². The van der Waals surface area contributed by atoms with Gasteiger partial charge in [0.05, 0.1) is 11.4 Å². The first-order valence-corrected chi connectivity index (χ1v) is 7.20. The second kappa shape index (κ2) is 7.04. The molecular formula is C15H20N4O3. The quantitative estimate of drug-likeness (QED) is 0.723. The number of fused-ring (bicyclic) bond motifs is 1. The molecule has 0 saturated heterocycles. The lowest BCUT2D eigenvalue weighted by atomic mass is 10.1. The molecule has 7 nitrogen and oxygen atoms in total. The zero-order valence-corrected chi connectivity index (χ0v) is 12.5. The molecular weight excluding hydrogens is 284 g/mol. The van der Waals surface area contributed by atoms with E-state index in [0.717, 1.165) is 0 Å². The van der Waals surface area contributed by atoms with Gasteiger partial charge in [0.2, 0.25) is 17.7 Å². The molecule has 1 heterocycles. The van der Waals surface area contributed by atoms with Crippen LogP contribution in [0.2, 0.25) is 0 Å². The Hall–Kier alpha value is -2.41. The van der Waals surface area contributed by atoms with Crippen LogP contribution in [0.25, 0.3) is 0 Å². The maximum absolute atomic E-state index is 12.3. The van der Waals surface area contributed by atoms with Gasteiger partial charge < -0.3 is 21.3 Å². The number of benzene rings is 1. The summed E-state index contributed by atoms with van der Waals surface area (Å²) in [6.45, 7) is 2.11. The number of carbonyl (C=O) groups excluding carboxylic acids is 3. The maximum Gasteiger partial charge on any atom is 0.244 e. The van der Waals surface area contributed by atoms with Crippen molar-refractivity contribution in [1.82, 2.24) is 5.32 Å². The van der Waals surface area contributed by atoms with E-state index in [4.69, 9.17) is 5.73 Å². The third-order valence-corrected chi connectivity index (χ3v) is 3.40. The highest BCUT2D eigenvalue weighted by molar-refractivity contribution is 6.10. The topological polar surface area (TPSA) is 105 Å². The van der Waals surface area contributed by atoms with Crippen molar-refractivity contribution in [3.05, 3.63) is 24.3 Å². The van der Waals surface area contributed by atoms with Crippen molar-refractivity contribution in [3.8, 4) is 0 Å². The Morgan fingerprint density at radius 3 is 2.82 bits per heavy atom. The van der Waals surface area contributed by atoms with Gasteiger partial charge in [-0.2, -0.15) is 0 Å². The molecule has 0 bridgehead atoms. The number of para-hydroxylation sites is 2. The highest BCUT2D eigenvalue weighted by Crippen LogP contribution is 2.29. The predicted octanol–water partition coefficient (Wildman–Crippen LogP) is 0.215. The third kappa shape index (κ3) is 3.82. The second-order valence-corrected chi connectivity index (χ2v) is 5.25. The van der Waals surface area contributed by atoms with Crippen LogP contribution >= 0.6 is 0 Å². The molecule has 0 aromatic heterocycles. The average Bonchev–Trinajstić information content (AvgIpc) is 2.51. The molecule has 2 rings (SSSR count). The van der Waals surface area contributed by atoms with E-state index >= 15 is 0 Å². The first-order valence-electron chi connectivity index (χ1n) is 7.20. The van der Waals surface area contributed by atoms with E-state index in [1.54, 1.807) is 31.2 Å². The first kappa shape index (κ1) is 16.0. The molecule has 118 valence electrons. The Labute approximate surface area is 128 Å². The molecule has 0 radical (unpaired) electrons. The Morgan fingerprint density at radius 1 is 1.36 bits per heavy atom. The van der Waals surface area contributed by atoms with Crippen molar-refractivity contribution in [2.45, 2.75) is 25.8 Å². The summed E-state index contributed by atoms with van der Waals surface area (Å²) < 4.78 is 0. The Balaban J connectivity index is 1.98. The van der Waals surface area contributed by atoms with E-state index in [0.29, 0.717) is 17.9 Å². The highest BCUT2D eigenvalue weighted by atomic mass is 16.2. The summed E-state index contributed by atoms with van der Waals surface area (Å²) in [6, 6.07) is 6.97. The first-order chi connectivity index (χ1) is 10.5. The molecule has 0 fully saturated rings. The van der Waals surface area contributed by atoms with Gasteiger partial charge in [-0.1, -0.05) is 12.1 Å². The fraction of sp³-hybridized carbons (Fsp3) is 0.400. The molecule has 0 saturated carbocycles. The van der Waals surface area contributed by atoms with Gasteiger partial charge >= 0.3 is 0 Å². The molecule has 4 N–H and O–H groups in total. The summed E-state index contributed by atoms with van der Waals surface area (Å²) in [5.41, 5.74) is 6.69. The van der Waals surface area contributed by atoms with Gasteiger partial charge in [0, 0.05) is 25.4 Å². The predicted molar refractivity (Wildman–Crippen MR) is 83.3 cm³/mol. The van der Waals surface area contributed by atoms with Crippen molar-refractivity contribution in [3.63, 3.8) is 0 Å².